The molecule has 0 amide bonds. The van der Waals surface area contributed by atoms with E-state index in [1.54, 1.807) is 17.8 Å². The zero-order valence-corrected chi connectivity index (χ0v) is 10.3. The number of nitrogen functional groups attached to an aromatic ring is 1. The number of aliphatic hydroxyl groups excluding tert-OH is 1. The molecule has 0 spiro atoms. The van der Waals surface area contributed by atoms with Gasteiger partial charge in [0.15, 0.2) is 0 Å². The Labute approximate surface area is 100 Å². The van der Waals surface area contributed by atoms with Crippen molar-refractivity contribution in [1.82, 2.24) is 4.98 Å². The van der Waals surface area contributed by atoms with E-state index >= 15 is 0 Å². The molecule has 90 valence electrons. The van der Waals surface area contributed by atoms with Crippen molar-refractivity contribution < 1.29 is 9.84 Å². The number of aromatic nitrogens is 1. The van der Waals surface area contributed by atoms with Crippen LogP contribution in [0.4, 0.5) is 5.69 Å². The van der Waals surface area contributed by atoms with Crippen LogP contribution in [0.2, 0.25) is 0 Å². The second kappa shape index (κ2) is 7.35. The SMILES string of the molecule is CCCOc1nc(SCCCO)ccc1N. The summed E-state index contributed by atoms with van der Waals surface area (Å²) in [6.07, 6.45) is 1.70. The summed E-state index contributed by atoms with van der Waals surface area (Å²) in [5, 5.41) is 9.56. The normalized spacial score (nSPS) is 10.4. The largest absolute Gasteiger partial charge is 0.476 e. The van der Waals surface area contributed by atoms with E-state index in [2.05, 4.69) is 4.98 Å². The zero-order chi connectivity index (χ0) is 11.8. The van der Waals surface area contributed by atoms with Gasteiger partial charge >= 0.3 is 0 Å². The first-order chi connectivity index (χ1) is 7.77. The van der Waals surface area contributed by atoms with E-state index in [0.29, 0.717) is 18.2 Å². The first-order valence-corrected chi connectivity index (χ1v) is 6.39. The molecule has 4 nitrogen and oxygen atoms in total. The third kappa shape index (κ3) is 4.28. The molecule has 0 atom stereocenters. The highest BCUT2D eigenvalue weighted by atomic mass is 32.2. The standard InChI is InChI=1S/C11H18N2O2S/c1-2-7-15-11-9(12)4-5-10(13-11)16-8-3-6-14/h4-5,14H,2-3,6-8,12H2,1H3. The van der Waals surface area contributed by atoms with Gasteiger partial charge in [0.05, 0.1) is 12.3 Å². The van der Waals surface area contributed by atoms with Gasteiger partial charge in [0.1, 0.15) is 5.03 Å². The predicted molar refractivity (Wildman–Crippen MR) is 66.9 cm³/mol. The highest BCUT2D eigenvalue weighted by Crippen LogP contribution is 2.24. The van der Waals surface area contributed by atoms with Crippen molar-refractivity contribution in [1.29, 1.82) is 0 Å². The maximum Gasteiger partial charge on any atom is 0.238 e. The smallest absolute Gasteiger partial charge is 0.238 e. The Balaban J connectivity index is 2.58. The summed E-state index contributed by atoms with van der Waals surface area (Å²) in [5.74, 6) is 1.36. The highest BCUT2D eigenvalue weighted by molar-refractivity contribution is 7.99. The van der Waals surface area contributed by atoms with Crippen LogP contribution in [-0.2, 0) is 0 Å². The van der Waals surface area contributed by atoms with Crippen LogP contribution in [0, 0.1) is 0 Å². The fourth-order valence-corrected chi connectivity index (χ4v) is 1.86. The van der Waals surface area contributed by atoms with Gasteiger partial charge in [-0.3, -0.25) is 0 Å². The van der Waals surface area contributed by atoms with Crippen molar-refractivity contribution in [2.75, 3.05) is 24.7 Å². The number of thioether (sulfide) groups is 1. The maximum absolute atomic E-state index is 8.68. The molecule has 0 aromatic carbocycles. The highest BCUT2D eigenvalue weighted by Gasteiger charge is 2.04. The molecule has 0 unspecified atom stereocenters. The minimum absolute atomic E-state index is 0.209. The van der Waals surface area contributed by atoms with Gasteiger partial charge in [0.2, 0.25) is 5.88 Å². The van der Waals surface area contributed by atoms with Crippen molar-refractivity contribution in [2.45, 2.75) is 24.8 Å². The van der Waals surface area contributed by atoms with Crippen molar-refractivity contribution in [2.24, 2.45) is 0 Å². The molecule has 0 bridgehead atoms. The number of hydrogen-bond acceptors (Lipinski definition) is 5. The number of hydrogen-bond donors (Lipinski definition) is 2. The zero-order valence-electron chi connectivity index (χ0n) is 9.48. The first kappa shape index (κ1) is 13.1. The third-order valence-corrected chi connectivity index (χ3v) is 2.88. The quantitative estimate of drug-likeness (QED) is 0.565. The van der Waals surface area contributed by atoms with Crippen LogP contribution in [-0.4, -0.2) is 29.1 Å². The van der Waals surface area contributed by atoms with Gasteiger partial charge in [-0.15, -0.1) is 11.8 Å². The van der Waals surface area contributed by atoms with Crippen LogP contribution >= 0.6 is 11.8 Å². The molecule has 0 fully saturated rings. The Morgan fingerprint density at radius 1 is 1.50 bits per heavy atom. The molecule has 16 heavy (non-hydrogen) atoms. The lowest BCUT2D eigenvalue weighted by molar-refractivity contribution is 0.296. The van der Waals surface area contributed by atoms with Crippen LogP contribution in [0.5, 0.6) is 5.88 Å². The topological polar surface area (TPSA) is 68.4 Å². The van der Waals surface area contributed by atoms with Crippen LogP contribution in [0.15, 0.2) is 17.2 Å². The Bertz CT molecular complexity index is 321. The molecule has 0 aliphatic carbocycles. The lowest BCUT2D eigenvalue weighted by Gasteiger charge is -2.08. The van der Waals surface area contributed by atoms with Crippen LogP contribution in [0.25, 0.3) is 0 Å². The van der Waals surface area contributed by atoms with Crippen molar-refractivity contribution >= 4 is 17.4 Å². The summed E-state index contributed by atoms with van der Waals surface area (Å²) in [5.41, 5.74) is 6.32. The second-order valence-corrected chi connectivity index (χ2v) is 4.43. The second-order valence-electron chi connectivity index (χ2n) is 3.32. The summed E-state index contributed by atoms with van der Waals surface area (Å²) in [4.78, 5) is 4.32. The molecule has 0 saturated carbocycles. The molecule has 0 saturated heterocycles. The fourth-order valence-electron chi connectivity index (χ4n) is 1.07. The number of pyridine rings is 1. The summed E-state index contributed by atoms with van der Waals surface area (Å²) in [6, 6.07) is 3.68. The van der Waals surface area contributed by atoms with Crippen LogP contribution in [0.3, 0.4) is 0 Å². The monoisotopic (exact) mass is 242 g/mol. The van der Waals surface area contributed by atoms with Crippen molar-refractivity contribution in [3.8, 4) is 5.88 Å². The van der Waals surface area contributed by atoms with Gasteiger partial charge < -0.3 is 15.6 Å². The van der Waals surface area contributed by atoms with Crippen LogP contribution in [0.1, 0.15) is 19.8 Å². The number of nitrogens with two attached hydrogens (primary N) is 1. The number of ether oxygens (including phenoxy) is 1. The molecule has 0 aliphatic heterocycles. The lowest BCUT2D eigenvalue weighted by Crippen LogP contribution is -2.02. The Morgan fingerprint density at radius 2 is 2.31 bits per heavy atom. The minimum atomic E-state index is 0.209. The van der Waals surface area contributed by atoms with E-state index in [0.717, 1.165) is 23.6 Å². The molecule has 0 radical (unpaired) electrons. The number of anilines is 1. The molecule has 1 aromatic rings. The van der Waals surface area contributed by atoms with E-state index in [-0.39, 0.29) is 6.61 Å². The number of rotatable bonds is 7. The van der Waals surface area contributed by atoms with Gasteiger partial charge in [-0.1, -0.05) is 6.92 Å². The van der Waals surface area contributed by atoms with E-state index in [4.69, 9.17) is 15.6 Å². The van der Waals surface area contributed by atoms with Crippen molar-refractivity contribution in [3.63, 3.8) is 0 Å². The van der Waals surface area contributed by atoms with Gasteiger partial charge in [-0.2, -0.15) is 0 Å². The molecular formula is C11H18N2O2S. The number of aliphatic hydroxyl groups is 1. The predicted octanol–water partition coefficient (Wildman–Crippen LogP) is 1.93. The summed E-state index contributed by atoms with van der Waals surface area (Å²) in [6.45, 7) is 2.87. The van der Waals surface area contributed by atoms with Gasteiger partial charge in [0, 0.05) is 12.4 Å². The maximum atomic E-state index is 8.68. The minimum Gasteiger partial charge on any atom is -0.476 e. The lowest BCUT2D eigenvalue weighted by atomic mass is 10.4. The molecule has 5 heteroatoms. The Kier molecular flexibility index (Phi) is 6.03. The average molecular weight is 242 g/mol. The fraction of sp³-hybridized carbons (Fsp3) is 0.545. The molecule has 0 aliphatic rings. The average Bonchev–Trinajstić information content (AvgIpc) is 2.30. The van der Waals surface area contributed by atoms with Crippen LogP contribution < -0.4 is 10.5 Å². The van der Waals surface area contributed by atoms with Crippen molar-refractivity contribution in [3.05, 3.63) is 12.1 Å². The van der Waals surface area contributed by atoms with E-state index in [1.165, 1.54) is 0 Å². The molecule has 1 aromatic heterocycles. The molecule has 1 rings (SSSR count). The van der Waals surface area contributed by atoms with E-state index < -0.39 is 0 Å². The molecule has 1 heterocycles. The van der Waals surface area contributed by atoms with Gasteiger partial charge in [0.25, 0.3) is 0 Å². The first-order valence-electron chi connectivity index (χ1n) is 5.41. The third-order valence-electron chi connectivity index (χ3n) is 1.86. The van der Waals surface area contributed by atoms with E-state index in [9.17, 15) is 0 Å². The molecular weight excluding hydrogens is 224 g/mol. The number of nitrogens with zero attached hydrogens (tertiary/aromatic N) is 1. The molecule has 3 N–H and O–H groups in total. The Morgan fingerprint density at radius 3 is 3.00 bits per heavy atom. The Hall–Kier alpha value is -0.940. The van der Waals surface area contributed by atoms with Gasteiger partial charge in [-0.05, 0) is 25.0 Å². The van der Waals surface area contributed by atoms with E-state index in [1.807, 2.05) is 13.0 Å². The summed E-state index contributed by atoms with van der Waals surface area (Å²) < 4.78 is 5.43. The summed E-state index contributed by atoms with van der Waals surface area (Å²) >= 11 is 1.59. The van der Waals surface area contributed by atoms with Gasteiger partial charge in [-0.25, -0.2) is 4.98 Å². The summed E-state index contributed by atoms with van der Waals surface area (Å²) in [7, 11) is 0.